The predicted octanol–water partition coefficient (Wildman–Crippen LogP) is 4.33. The molecule has 2 aromatic rings. The van der Waals surface area contributed by atoms with Crippen molar-refractivity contribution in [2.75, 3.05) is 0 Å². The molecule has 0 aliphatic heterocycles. The molecule has 1 aromatic carbocycles. The molecular weight excluding hydrogens is 255 g/mol. The van der Waals surface area contributed by atoms with Gasteiger partial charge in [-0.25, -0.2) is 9.37 Å². The second-order valence-corrected chi connectivity index (χ2v) is 3.91. The van der Waals surface area contributed by atoms with Crippen molar-refractivity contribution in [3.63, 3.8) is 0 Å². The molecule has 0 spiro atoms. The third-order valence-electron chi connectivity index (χ3n) is 2.05. The van der Waals surface area contributed by atoms with Gasteiger partial charge in [-0.2, -0.15) is 4.39 Å². The highest BCUT2D eigenvalue weighted by Gasteiger charge is 2.11. The van der Waals surface area contributed by atoms with Gasteiger partial charge < -0.3 is 0 Å². The second kappa shape index (κ2) is 4.36. The fourth-order valence-electron chi connectivity index (χ4n) is 1.33. The summed E-state index contributed by atoms with van der Waals surface area (Å²) < 4.78 is 25.7. The highest BCUT2D eigenvalue weighted by atomic mass is 35.5. The van der Waals surface area contributed by atoms with E-state index in [9.17, 15) is 8.78 Å². The summed E-state index contributed by atoms with van der Waals surface area (Å²) in [5.74, 6) is -2.18. The third kappa shape index (κ3) is 2.01. The molecule has 1 aromatic heterocycles. The van der Waals surface area contributed by atoms with Crippen molar-refractivity contribution < 1.29 is 8.78 Å². The van der Waals surface area contributed by atoms with Crippen molar-refractivity contribution in [2.24, 2.45) is 0 Å². The average molecular weight is 260 g/mol. The van der Waals surface area contributed by atoms with E-state index in [2.05, 4.69) is 4.98 Å². The Morgan fingerprint density at radius 1 is 1.06 bits per heavy atom. The van der Waals surface area contributed by atoms with Crippen LogP contribution in [0.3, 0.4) is 0 Å². The number of nitrogens with zero attached hydrogens (tertiary/aromatic N) is 1. The minimum atomic E-state index is -1.15. The Hall–Kier alpha value is -1.19. The van der Waals surface area contributed by atoms with Crippen LogP contribution in [0.4, 0.5) is 8.78 Å². The van der Waals surface area contributed by atoms with Gasteiger partial charge in [0, 0.05) is 27.4 Å². The number of benzene rings is 1. The van der Waals surface area contributed by atoms with Crippen LogP contribution >= 0.6 is 23.2 Å². The first-order valence-corrected chi connectivity index (χ1v) is 5.10. The Bertz CT molecular complexity index is 523. The molecule has 2 rings (SSSR count). The van der Waals surface area contributed by atoms with Crippen molar-refractivity contribution in [3.8, 4) is 11.1 Å². The third-order valence-corrected chi connectivity index (χ3v) is 2.68. The molecule has 0 saturated carbocycles. The molecule has 0 radical (unpaired) electrons. The van der Waals surface area contributed by atoms with Gasteiger partial charge in [-0.3, -0.25) is 0 Å². The van der Waals surface area contributed by atoms with Crippen LogP contribution in [0.5, 0.6) is 0 Å². The van der Waals surface area contributed by atoms with Gasteiger partial charge in [0.1, 0.15) is 0 Å². The molecule has 0 fully saturated rings. The monoisotopic (exact) mass is 259 g/mol. The Balaban J connectivity index is 2.63. The van der Waals surface area contributed by atoms with Gasteiger partial charge in [-0.15, -0.1) is 0 Å². The molecular formula is C11H5Cl2F2N. The first-order valence-electron chi connectivity index (χ1n) is 4.35. The Labute approximate surface area is 101 Å². The number of aromatic nitrogens is 1. The van der Waals surface area contributed by atoms with Crippen LogP contribution in [0.25, 0.3) is 11.1 Å². The highest BCUT2D eigenvalue weighted by Crippen LogP contribution is 2.34. The number of hydrogen-bond acceptors (Lipinski definition) is 1. The minimum absolute atomic E-state index is 0.342. The quantitative estimate of drug-likeness (QED) is 0.695. The van der Waals surface area contributed by atoms with Crippen LogP contribution in [-0.4, -0.2) is 4.98 Å². The fourth-order valence-corrected chi connectivity index (χ4v) is 1.95. The Morgan fingerprint density at radius 3 is 2.25 bits per heavy atom. The van der Waals surface area contributed by atoms with Crippen LogP contribution in [0, 0.1) is 11.8 Å². The molecule has 0 saturated heterocycles. The lowest BCUT2D eigenvalue weighted by molar-refractivity contribution is 0.480. The van der Waals surface area contributed by atoms with Gasteiger partial charge in [0.05, 0.1) is 0 Å². The van der Waals surface area contributed by atoms with Crippen molar-refractivity contribution in [1.82, 2.24) is 4.98 Å². The van der Waals surface area contributed by atoms with Crippen molar-refractivity contribution >= 4 is 23.2 Å². The molecule has 1 heterocycles. The normalized spacial score (nSPS) is 10.5. The summed E-state index contributed by atoms with van der Waals surface area (Å²) in [6.45, 7) is 0. The molecule has 0 N–H and O–H groups in total. The molecule has 0 unspecified atom stereocenters. The van der Waals surface area contributed by atoms with E-state index in [-0.39, 0.29) is 0 Å². The lowest BCUT2D eigenvalue weighted by atomic mass is 10.1. The maximum atomic E-state index is 13.0. The number of hydrogen-bond donors (Lipinski definition) is 0. The van der Waals surface area contributed by atoms with E-state index in [1.165, 1.54) is 6.20 Å². The summed E-state index contributed by atoms with van der Waals surface area (Å²) in [5, 5.41) is 0.723. The Morgan fingerprint density at radius 2 is 1.69 bits per heavy atom. The molecule has 0 amide bonds. The summed E-state index contributed by atoms with van der Waals surface area (Å²) in [4.78, 5) is 3.28. The topological polar surface area (TPSA) is 12.9 Å². The zero-order valence-corrected chi connectivity index (χ0v) is 9.36. The molecule has 0 bridgehead atoms. The van der Waals surface area contributed by atoms with E-state index in [4.69, 9.17) is 23.2 Å². The molecule has 0 aliphatic rings. The van der Waals surface area contributed by atoms with Crippen LogP contribution in [0.2, 0.25) is 10.0 Å². The molecule has 5 heteroatoms. The van der Waals surface area contributed by atoms with Gasteiger partial charge in [0.25, 0.3) is 0 Å². The summed E-state index contributed by atoms with van der Waals surface area (Å²) in [6, 6.07) is 5.91. The summed E-state index contributed by atoms with van der Waals surface area (Å²) in [5.41, 5.74) is 0.784. The lowest BCUT2D eigenvalue weighted by Gasteiger charge is -2.06. The van der Waals surface area contributed by atoms with Crippen LogP contribution in [0.15, 0.2) is 30.5 Å². The molecule has 16 heavy (non-hydrogen) atoms. The molecule has 1 nitrogen and oxygen atoms in total. The van der Waals surface area contributed by atoms with Gasteiger partial charge >= 0.3 is 0 Å². The SMILES string of the molecule is Fc1cc(-c2c(Cl)cccc2Cl)cnc1F. The van der Waals surface area contributed by atoms with E-state index in [1.54, 1.807) is 18.2 Å². The first-order chi connectivity index (χ1) is 7.59. The number of rotatable bonds is 1. The van der Waals surface area contributed by atoms with E-state index < -0.39 is 11.8 Å². The van der Waals surface area contributed by atoms with E-state index in [0.717, 1.165) is 6.07 Å². The predicted molar refractivity (Wildman–Crippen MR) is 59.6 cm³/mol. The van der Waals surface area contributed by atoms with Gasteiger partial charge in [-0.05, 0) is 18.2 Å². The average Bonchev–Trinajstić information content (AvgIpc) is 2.23. The number of pyridine rings is 1. The zero-order valence-electron chi connectivity index (χ0n) is 7.85. The van der Waals surface area contributed by atoms with Gasteiger partial charge in [0.2, 0.25) is 5.95 Å². The largest absolute Gasteiger partial charge is 0.248 e. The summed E-state index contributed by atoms with van der Waals surface area (Å²) >= 11 is 11.9. The number of halogens is 4. The van der Waals surface area contributed by atoms with Gasteiger partial charge in [-0.1, -0.05) is 29.3 Å². The molecule has 82 valence electrons. The van der Waals surface area contributed by atoms with Gasteiger partial charge in [0.15, 0.2) is 5.82 Å². The van der Waals surface area contributed by atoms with Crippen molar-refractivity contribution in [2.45, 2.75) is 0 Å². The van der Waals surface area contributed by atoms with Crippen LogP contribution in [0.1, 0.15) is 0 Å². The smallest absolute Gasteiger partial charge is 0.225 e. The second-order valence-electron chi connectivity index (χ2n) is 3.09. The fraction of sp³-hybridized carbons (Fsp3) is 0. The van der Waals surface area contributed by atoms with E-state index in [0.29, 0.717) is 21.2 Å². The standard InChI is InChI=1S/C11H5Cl2F2N/c12-7-2-1-3-8(13)10(7)6-4-9(14)11(15)16-5-6/h1-5H. The van der Waals surface area contributed by atoms with Crippen molar-refractivity contribution in [1.29, 1.82) is 0 Å². The van der Waals surface area contributed by atoms with Crippen LogP contribution < -0.4 is 0 Å². The highest BCUT2D eigenvalue weighted by molar-refractivity contribution is 6.39. The van der Waals surface area contributed by atoms with E-state index in [1.807, 2.05) is 0 Å². The summed E-state index contributed by atoms with van der Waals surface area (Å²) in [7, 11) is 0. The maximum Gasteiger partial charge on any atom is 0.248 e. The maximum absolute atomic E-state index is 13.0. The van der Waals surface area contributed by atoms with E-state index >= 15 is 0 Å². The zero-order chi connectivity index (χ0) is 11.7. The molecule has 0 aliphatic carbocycles. The Kier molecular flexibility index (Phi) is 3.08. The molecule has 0 atom stereocenters. The first kappa shape index (κ1) is 11.3. The minimum Gasteiger partial charge on any atom is -0.225 e. The van der Waals surface area contributed by atoms with Crippen LogP contribution in [-0.2, 0) is 0 Å². The lowest BCUT2D eigenvalue weighted by Crippen LogP contribution is -1.91. The van der Waals surface area contributed by atoms with Crippen molar-refractivity contribution in [3.05, 3.63) is 52.3 Å². The summed E-state index contributed by atoms with van der Waals surface area (Å²) in [6.07, 6.45) is 1.19.